The van der Waals surface area contributed by atoms with Gasteiger partial charge in [0, 0.05) is 6.54 Å². The minimum atomic E-state index is -0.763. The molecular weight excluding hydrogens is 470 g/mol. The van der Waals surface area contributed by atoms with E-state index in [2.05, 4.69) is 15.1 Å². The second-order valence-electron chi connectivity index (χ2n) is 7.16. The SMILES string of the molecule is CCN(C(=O)COC(=O)c1nc(-c2cccs2)n(-c2ccccc2)n1)c1nc2ccccc2s1. The summed E-state index contributed by atoms with van der Waals surface area (Å²) < 4.78 is 7.89. The molecule has 10 heteroatoms. The van der Waals surface area contributed by atoms with Crippen LogP contribution in [0.25, 0.3) is 26.6 Å². The van der Waals surface area contributed by atoms with Crippen molar-refractivity contribution >= 4 is 49.9 Å². The third-order valence-corrected chi connectivity index (χ3v) is 6.91. The van der Waals surface area contributed by atoms with Crippen molar-refractivity contribution in [3.05, 3.63) is 77.9 Å². The summed E-state index contributed by atoms with van der Waals surface area (Å²) in [7, 11) is 0. The minimum absolute atomic E-state index is 0.108. The molecule has 0 unspecified atom stereocenters. The summed E-state index contributed by atoms with van der Waals surface area (Å²) in [4.78, 5) is 36.9. The predicted molar refractivity (Wildman–Crippen MR) is 133 cm³/mol. The van der Waals surface area contributed by atoms with E-state index in [1.165, 1.54) is 27.6 Å². The number of carbonyl (C=O) groups excluding carboxylic acids is 2. The Morgan fingerprint density at radius 3 is 2.53 bits per heavy atom. The second-order valence-corrected chi connectivity index (χ2v) is 9.12. The van der Waals surface area contributed by atoms with Crippen molar-refractivity contribution in [2.75, 3.05) is 18.1 Å². The van der Waals surface area contributed by atoms with Gasteiger partial charge in [-0.25, -0.2) is 14.5 Å². The lowest BCUT2D eigenvalue weighted by Crippen LogP contribution is -2.34. The number of thiazole rings is 1. The Balaban J connectivity index is 1.34. The summed E-state index contributed by atoms with van der Waals surface area (Å²) in [6.07, 6.45) is 0. The first-order valence-corrected chi connectivity index (χ1v) is 12.2. The molecule has 0 radical (unpaired) electrons. The van der Waals surface area contributed by atoms with Gasteiger partial charge in [-0.05, 0) is 42.6 Å². The maximum atomic E-state index is 12.8. The normalized spacial score (nSPS) is 11.0. The van der Waals surface area contributed by atoms with Crippen LogP contribution in [0.2, 0.25) is 0 Å². The minimum Gasteiger partial charge on any atom is -0.450 e. The molecule has 0 fully saturated rings. The van der Waals surface area contributed by atoms with Gasteiger partial charge in [0.15, 0.2) is 17.6 Å². The van der Waals surface area contributed by atoms with Crippen LogP contribution in [0.1, 0.15) is 17.5 Å². The third-order valence-electron chi connectivity index (χ3n) is 4.99. The number of fused-ring (bicyclic) bond motifs is 1. The molecule has 3 aromatic heterocycles. The van der Waals surface area contributed by atoms with Crippen LogP contribution < -0.4 is 4.90 Å². The Kier molecular flexibility index (Phi) is 6.15. The Morgan fingerprint density at radius 1 is 1.00 bits per heavy atom. The van der Waals surface area contributed by atoms with E-state index in [1.54, 1.807) is 4.68 Å². The largest absolute Gasteiger partial charge is 0.450 e. The van der Waals surface area contributed by atoms with Gasteiger partial charge in [0.2, 0.25) is 0 Å². The zero-order valence-corrected chi connectivity index (χ0v) is 19.8. The summed E-state index contributed by atoms with van der Waals surface area (Å²) in [5, 5.41) is 6.86. The molecule has 8 nitrogen and oxygen atoms in total. The fraction of sp³-hybridized carbons (Fsp3) is 0.125. The zero-order chi connectivity index (χ0) is 23.5. The molecule has 0 aliphatic rings. The average Bonchev–Trinajstić information content (AvgIpc) is 3.62. The first kappa shape index (κ1) is 21.9. The zero-order valence-electron chi connectivity index (χ0n) is 18.1. The van der Waals surface area contributed by atoms with Crippen molar-refractivity contribution in [2.45, 2.75) is 6.92 Å². The topological polar surface area (TPSA) is 90.2 Å². The van der Waals surface area contributed by atoms with E-state index < -0.39 is 12.6 Å². The number of benzene rings is 2. The highest BCUT2D eigenvalue weighted by Crippen LogP contribution is 2.29. The molecule has 0 N–H and O–H groups in total. The number of esters is 1. The predicted octanol–water partition coefficient (Wildman–Crippen LogP) is 4.82. The molecule has 2 aromatic carbocycles. The van der Waals surface area contributed by atoms with Crippen LogP contribution in [-0.4, -0.2) is 44.8 Å². The van der Waals surface area contributed by atoms with Crippen molar-refractivity contribution in [1.29, 1.82) is 0 Å². The molecule has 0 saturated carbocycles. The van der Waals surface area contributed by atoms with E-state index in [4.69, 9.17) is 4.74 Å². The monoisotopic (exact) mass is 489 g/mol. The molecule has 5 rings (SSSR count). The molecule has 0 aliphatic heterocycles. The molecule has 0 bridgehead atoms. The molecule has 34 heavy (non-hydrogen) atoms. The second kappa shape index (κ2) is 9.54. The molecule has 3 heterocycles. The Labute approximate surface area is 203 Å². The van der Waals surface area contributed by atoms with Gasteiger partial charge in [0.25, 0.3) is 11.7 Å². The van der Waals surface area contributed by atoms with Crippen LogP contribution >= 0.6 is 22.7 Å². The van der Waals surface area contributed by atoms with Gasteiger partial charge in [-0.15, -0.1) is 16.4 Å². The maximum absolute atomic E-state index is 12.8. The van der Waals surface area contributed by atoms with Crippen molar-refractivity contribution < 1.29 is 14.3 Å². The van der Waals surface area contributed by atoms with Gasteiger partial charge >= 0.3 is 5.97 Å². The van der Waals surface area contributed by atoms with E-state index in [9.17, 15) is 9.59 Å². The summed E-state index contributed by atoms with van der Waals surface area (Å²) in [5.74, 6) is -0.704. The standard InChI is InChI=1S/C24H19N5O3S2/c1-2-28(24-25-17-11-6-7-12-18(17)34-24)20(30)15-32-23(31)21-26-22(19-13-8-14-33-19)29(27-21)16-9-4-3-5-10-16/h3-14H,2,15H2,1H3. The molecule has 1 amide bonds. The molecule has 0 atom stereocenters. The highest BCUT2D eigenvalue weighted by atomic mass is 32.1. The van der Waals surface area contributed by atoms with Gasteiger partial charge in [-0.1, -0.05) is 47.7 Å². The van der Waals surface area contributed by atoms with Crippen LogP contribution in [0.15, 0.2) is 72.1 Å². The van der Waals surface area contributed by atoms with Crippen molar-refractivity contribution in [3.63, 3.8) is 0 Å². The summed E-state index contributed by atoms with van der Waals surface area (Å²) in [5.41, 5.74) is 1.59. The number of amides is 1. The summed E-state index contributed by atoms with van der Waals surface area (Å²) >= 11 is 2.91. The fourth-order valence-electron chi connectivity index (χ4n) is 3.38. The van der Waals surface area contributed by atoms with E-state index in [-0.39, 0.29) is 11.7 Å². The Morgan fingerprint density at radius 2 is 1.79 bits per heavy atom. The van der Waals surface area contributed by atoms with Gasteiger partial charge in [-0.2, -0.15) is 4.98 Å². The van der Waals surface area contributed by atoms with Gasteiger partial charge in [0.1, 0.15) is 0 Å². The highest BCUT2D eigenvalue weighted by molar-refractivity contribution is 7.22. The van der Waals surface area contributed by atoms with Crippen molar-refractivity contribution in [2.24, 2.45) is 0 Å². The van der Waals surface area contributed by atoms with Crippen molar-refractivity contribution in [1.82, 2.24) is 19.7 Å². The van der Waals surface area contributed by atoms with E-state index in [0.29, 0.717) is 17.5 Å². The molecular formula is C24H19N5O3S2. The van der Waals surface area contributed by atoms with E-state index in [1.807, 2.05) is 79.0 Å². The molecule has 0 saturated heterocycles. The first-order valence-electron chi connectivity index (χ1n) is 10.5. The first-order chi connectivity index (χ1) is 16.6. The number of likely N-dealkylation sites (N-methyl/N-ethyl adjacent to an activating group) is 1. The molecule has 170 valence electrons. The highest BCUT2D eigenvalue weighted by Gasteiger charge is 2.24. The summed E-state index contributed by atoms with van der Waals surface area (Å²) in [6.45, 7) is 1.82. The Hall–Kier alpha value is -3.89. The molecule has 5 aromatic rings. The lowest BCUT2D eigenvalue weighted by atomic mass is 10.3. The van der Waals surface area contributed by atoms with Crippen LogP contribution in [0.4, 0.5) is 5.13 Å². The number of ether oxygens (including phenoxy) is 1. The number of thiophene rings is 1. The van der Waals surface area contributed by atoms with Crippen LogP contribution in [-0.2, 0) is 9.53 Å². The lowest BCUT2D eigenvalue weighted by Gasteiger charge is -2.17. The van der Waals surface area contributed by atoms with Gasteiger partial charge in [-0.3, -0.25) is 9.69 Å². The van der Waals surface area contributed by atoms with Gasteiger partial charge in [0.05, 0.1) is 20.8 Å². The third kappa shape index (κ3) is 4.33. The van der Waals surface area contributed by atoms with Crippen LogP contribution in [0.5, 0.6) is 0 Å². The quantitative estimate of drug-likeness (QED) is 0.305. The van der Waals surface area contributed by atoms with Crippen LogP contribution in [0.3, 0.4) is 0 Å². The lowest BCUT2D eigenvalue weighted by molar-refractivity contribution is -0.121. The number of para-hydroxylation sites is 2. The smallest absolute Gasteiger partial charge is 0.378 e. The number of aromatic nitrogens is 4. The number of hydrogen-bond acceptors (Lipinski definition) is 8. The molecule has 0 aliphatic carbocycles. The number of carbonyl (C=O) groups is 2. The van der Waals surface area contributed by atoms with Crippen LogP contribution in [0, 0.1) is 0 Å². The summed E-state index contributed by atoms with van der Waals surface area (Å²) in [6, 6.07) is 20.9. The van der Waals surface area contributed by atoms with E-state index >= 15 is 0 Å². The number of nitrogens with zero attached hydrogens (tertiary/aromatic N) is 5. The maximum Gasteiger partial charge on any atom is 0.378 e. The van der Waals surface area contributed by atoms with Crippen molar-refractivity contribution in [3.8, 4) is 16.4 Å². The van der Waals surface area contributed by atoms with E-state index in [0.717, 1.165) is 20.8 Å². The fourth-order valence-corrected chi connectivity index (χ4v) is 5.12. The number of hydrogen-bond donors (Lipinski definition) is 0. The average molecular weight is 490 g/mol. The number of anilines is 1. The number of rotatable bonds is 7. The Bertz CT molecular complexity index is 1410. The van der Waals surface area contributed by atoms with Gasteiger partial charge < -0.3 is 4.74 Å². The molecule has 0 spiro atoms.